The van der Waals surface area contributed by atoms with Gasteiger partial charge < -0.3 is 24.3 Å². The van der Waals surface area contributed by atoms with E-state index in [2.05, 4.69) is 4.98 Å². The zero-order valence-electron chi connectivity index (χ0n) is 17.0. The average Bonchev–Trinajstić information content (AvgIpc) is 3.17. The van der Waals surface area contributed by atoms with Crippen LogP contribution in [0.15, 0.2) is 47.4 Å². The van der Waals surface area contributed by atoms with Gasteiger partial charge in [-0.05, 0) is 55.2 Å². The fourth-order valence-corrected chi connectivity index (χ4v) is 4.11. The van der Waals surface area contributed by atoms with Crippen molar-refractivity contribution in [3.05, 3.63) is 48.2 Å². The standard InChI is InChI=1S/C22H23NO7S/c1-31(26,27)18-4-2-16(3-5-18)30-17-10-15-11-19(22(24)25)23-21(15)20(12-17)29-13-14-6-8-28-9-7-14/h2-5,10-12,14,23H,6-9,13H2,1H3,(H,24,25). The van der Waals surface area contributed by atoms with Crippen molar-refractivity contribution in [3.63, 3.8) is 0 Å². The molecule has 0 aliphatic carbocycles. The van der Waals surface area contributed by atoms with E-state index in [0.717, 1.165) is 19.1 Å². The molecule has 8 nitrogen and oxygen atoms in total. The number of carboxylic acid groups (broad SMARTS) is 1. The van der Waals surface area contributed by atoms with Gasteiger partial charge in [0, 0.05) is 30.9 Å². The SMILES string of the molecule is CS(=O)(=O)c1ccc(Oc2cc(OCC3CCOCC3)c3[nH]c(C(=O)O)cc3c2)cc1. The van der Waals surface area contributed by atoms with Crippen molar-refractivity contribution >= 4 is 26.7 Å². The predicted octanol–water partition coefficient (Wildman–Crippen LogP) is 3.87. The van der Waals surface area contributed by atoms with Crippen LogP contribution in [-0.4, -0.2) is 50.6 Å². The number of fused-ring (bicyclic) bond motifs is 1. The number of benzene rings is 2. The number of nitrogens with one attached hydrogen (secondary N) is 1. The average molecular weight is 445 g/mol. The maximum absolute atomic E-state index is 11.6. The van der Waals surface area contributed by atoms with Gasteiger partial charge in [-0.3, -0.25) is 0 Å². The minimum atomic E-state index is -3.30. The van der Waals surface area contributed by atoms with Crippen molar-refractivity contribution in [3.8, 4) is 17.2 Å². The molecule has 0 radical (unpaired) electrons. The van der Waals surface area contributed by atoms with Crippen LogP contribution in [0.5, 0.6) is 17.2 Å². The number of ether oxygens (including phenoxy) is 3. The minimum absolute atomic E-state index is 0.0561. The third-order valence-electron chi connectivity index (χ3n) is 5.20. The number of carboxylic acids is 1. The summed E-state index contributed by atoms with van der Waals surface area (Å²) in [5.41, 5.74) is 0.643. The van der Waals surface area contributed by atoms with E-state index in [1.54, 1.807) is 24.3 Å². The lowest BCUT2D eigenvalue weighted by atomic mass is 10.0. The van der Waals surface area contributed by atoms with Crippen molar-refractivity contribution < 1.29 is 32.5 Å². The van der Waals surface area contributed by atoms with Gasteiger partial charge in [0.2, 0.25) is 0 Å². The lowest BCUT2D eigenvalue weighted by Gasteiger charge is -2.22. The molecule has 1 aliphatic heterocycles. The fraction of sp³-hybridized carbons (Fsp3) is 0.318. The zero-order chi connectivity index (χ0) is 22.0. The maximum Gasteiger partial charge on any atom is 0.352 e. The van der Waals surface area contributed by atoms with Crippen molar-refractivity contribution in [2.75, 3.05) is 26.1 Å². The number of rotatable bonds is 7. The molecule has 1 fully saturated rings. The highest BCUT2D eigenvalue weighted by atomic mass is 32.2. The molecule has 3 aromatic rings. The second-order valence-electron chi connectivity index (χ2n) is 7.59. The first-order chi connectivity index (χ1) is 14.8. The van der Waals surface area contributed by atoms with E-state index in [1.807, 2.05) is 0 Å². The third-order valence-corrected chi connectivity index (χ3v) is 6.33. The Bertz CT molecular complexity index is 1190. The first-order valence-electron chi connectivity index (χ1n) is 9.88. The van der Waals surface area contributed by atoms with Crippen LogP contribution in [0.1, 0.15) is 23.3 Å². The summed E-state index contributed by atoms with van der Waals surface area (Å²) < 4.78 is 40.6. The molecule has 0 bridgehead atoms. The Morgan fingerprint density at radius 2 is 1.84 bits per heavy atom. The van der Waals surface area contributed by atoms with E-state index >= 15 is 0 Å². The molecule has 0 amide bonds. The van der Waals surface area contributed by atoms with Crippen LogP contribution in [0.4, 0.5) is 0 Å². The Labute approximate surface area is 179 Å². The number of hydrogen-bond acceptors (Lipinski definition) is 6. The van der Waals surface area contributed by atoms with E-state index in [1.165, 1.54) is 18.2 Å². The van der Waals surface area contributed by atoms with Crippen molar-refractivity contribution in [2.45, 2.75) is 17.7 Å². The topological polar surface area (TPSA) is 115 Å². The second-order valence-corrected chi connectivity index (χ2v) is 9.60. The zero-order valence-corrected chi connectivity index (χ0v) is 17.8. The molecule has 2 heterocycles. The number of aromatic nitrogens is 1. The summed E-state index contributed by atoms with van der Waals surface area (Å²) in [4.78, 5) is 14.5. The van der Waals surface area contributed by atoms with Gasteiger partial charge in [-0.15, -0.1) is 0 Å². The van der Waals surface area contributed by atoms with Gasteiger partial charge in [-0.2, -0.15) is 0 Å². The molecule has 164 valence electrons. The first-order valence-corrected chi connectivity index (χ1v) is 11.8. The van der Waals surface area contributed by atoms with Gasteiger partial charge in [0.15, 0.2) is 9.84 Å². The Hall–Kier alpha value is -3.04. The molecule has 1 aromatic heterocycles. The van der Waals surface area contributed by atoms with E-state index in [9.17, 15) is 18.3 Å². The van der Waals surface area contributed by atoms with Crippen molar-refractivity contribution in [1.29, 1.82) is 0 Å². The predicted molar refractivity (Wildman–Crippen MR) is 114 cm³/mol. The van der Waals surface area contributed by atoms with E-state index in [0.29, 0.717) is 53.9 Å². The normalized spacial score (nSPS) is 15.1. The van der Waals surface area contributed by atoms with Crippen LogP contribution < -0.4 is 9.47 Å². The number of aromatic amines is 1. The van der Waals surface area contributed by atoms with Crippen LogP contribution in [0.2, 0.25) is 0 Å². The van der Waals surface area contributed by atoms with Crippen LogP contribution in [0.3, 0.4) is 0 Å². The Kier molecular flexibility index (Phi) is 5.88. The number of sulfone groups is 1. The van der Waals surface area contributed by atoms with Gasteiger partial charge in [-0.1, -0.05) is 0 Å². The van der Waals surface area contributed by atoms with Gasteiger partial charge in [0.25, 0.3) is 0 Å². The first kappa shape index (κ1) is 21.2. The molecule has 0 atom stereocenters. The molecule has 0 spiro atoms. The summed E-state index contributed by atoms with van der Waals surface area (Å²) in [5.74, 6) is 0.712. The highest BCUT2D eigenvalue weighted by molar-refractivity contribution is 7.90. The van der Waals surface area contributed by atoms with E-state index in [4.69, 9.17) is 14.2 Å². The Balaban J connectivity index is 1.62. The molecular weight excluding hydrogens is 422 g/mol. The molecule has 1 aliphatic rings. The summed E-state index contributed by atoms with van der Waals surface area (Å²) in [5, 5.41) is 9.98. The highest BCUT2D eigenvalue weighted by Crippen LogP contribution is 2.34. The minimum Gasteiger partial charge on any atom is -0.491 e. The molecule has 4 rings (SSSR count). The largest absolute Gasteiger partial charge is 0.491 e. The van der Waals surface area contributed by atoms with E-state index in [-0.39, 0.29) is 10.6 Å². The molecule has 2 N–H and O–H groups in total. The quantitative estimate of drug-likeness (QED) is 0.567. The number of H-pyrrole nitrogens is 1. The maximum atomic E-state index is 11.6. The lowest BCUT2D eigenvalue weighted by molar-refractivity contribution is 0.0499. The van der Waals surface area contributed by atoms with Crippen molar-refractivity contribution in [2.24, 2.45) is 5.92 Å². The van der Waals surface area contributed by atoms with Crippen molar-refractivity contribution in [1.82, 2.24) is 4.98 Å². The summed E-state index contributed by atoms with van der Waals surface area (Å²) >= 11 is 0. The summed E-state index contributed by atoms with van der Waals surface area (Å²) in [7, 11) is -3.30. The van der Waals surface area contributed by atoms with Gasteiger partial charge in [-0.25, -0.2) is 13.2 Å². The Morgan fingerprint density at radius 1 is 1.13 bits per heavy atom. The van der Waals surface area contributed by atoms with Crippen LogP contribution >= 0.6 is 0 Å². The van der Waals surface area contributed by atoms with Crippen LogP contribution in [-0.2, 0) is 14.6 Å². The molecule has 31 heavy (non-hydrogen) atoms. The highest BCUT2D eigenvalue weighted by Gasteiger charge is 2.18. The molecule has 2 aromatic carbocycles. The second kappa shape index (κ2) is 8.60. The van der Waals surface area contributed by atoms with Gasteiger partial charge >= 0.3 is 5.97 Å². The molecular formula is C22H23NO7S. The number of aromatic carboxylic acids is 1. The monoisotopic (exact) mass is 445 g/mol. The Morgan fingerprint density at radius 3 is 2.48 bits per heavy atom. The molecule has 1 saturated heterocycles. The fourth-order valence-electron chi connectivity index (χ4n) is 3.48. The van der Waals surface area contributed by atoms with Crippen LogP contribution in [0.25, 0.3) is 10.9 Å². The molecule has 0 saturated carbocycles. The number of hydrogen-bond donors (Lipinski definition) is 2. The lowest BCUT2D eigenvalue weighted by Crippen LogP contribution is -2.21. The number of carbonyl (C=O) groups is 1. The third kappa shape index (κ3) is 5.00. The van der Waals surface area contributed by atoms with E-state index < -0.39 is 15.8 Å². The molecule has 9 heteroatoms. The summed E-state index contributed by atoms with van der Waals surface area (Å²) in [6.45, 7) is 1.91. The summed E-state index contributed by atoms with van der Waals surface area (Å²) in [6, 6.07) is 11.0. The smallest absolute Gasteiger partial charge is 0.352 e. The van der Waals surface area contributed by atoms with Crippen LogP contribution in [0, 0.1) is 5.92 Å². The summed E-state index contributed by atoms with van der Waals surface area (Å²) in [6.07, 6.45) is 2.97. The van der Waals surface area contributed by atoms with Gasteiger partial charge in [0.05, 0.1) is 17.0 Å². The van der Waals surface area contributed by atoms with Gasteiger partial charge in [0.1, 0.15) is 22.9 Å². The molecule has 0 unspecified atom stereocenters.